The molecule has 0 radical (unpaired) electrons. The largest absolute Gasteiger partial charge is 0.457 e. The molecule has 0 aliphatic heterocycles. The van der Waals surface area contributed by atoms with Gasteiger partial charge in [0.2, 0.25) is 5.82 Å². The number of ether oxygens (including phenoxy) is 1. The van der Waals surface area contributed by atoms with Gasteiger partial charge in [0.1, 0.15) is 12.3 Å². The zero-order valence-corrected chi connectivity index (χ0v) is 13.9. The van der Waals surface area contributed by atoms with Gasteiger partial charge < -0.3 is 9.64 Å². The fraction of sp³-hybridized carbons (Fsp3) is 0.188. The summed E-state index contributed by atoms with van der Waals surface area (Å²) in [7, 11) is 3.06. The van der Waals surface area contributed by atoms with Crippen molar-refractivity contribution in [2.24, 2.45) is 0 Å². The van der Waals surface area contributed by atoms with Gasteiger partial charge in [-0.1, -0.05) is 0 Å². The van der Waals surface area contributed by atoms with Crippen molar-refractivity contribution in [1.82, 2.24) is 0 Å². The van der Waals surface area contributed by atoms with Crippen LogP contribution in [0.1, 0.15) is 15.9 Å². The maximum Gasteiger partial charge on any atom is 0.338 e. The molecule has 0 saturated carbocycles. The van der Waals surface area contributed by atoms with Crippen LogP contribution in [0.3, 0.4) is 0 Å². The van der Waals surface area contributed by atoms with Crippen LogP contribution >= 0.6 is 0 Å². The summed E-state index contributed by atoms with van der Waals surface area (Å²) in [6, 6.07) is 3.27. The fourth-order valence-electron chi connectivity index (χ4n) is 2.17. The number of hydrogen-bond donors (Lipinski definition) is 0. The van der Waals surface area contributed by atoms with Crippen LogP contribution in [-0.4, -0.2) is 25.0 Å². The third-order valence-corrected chi connectivity index (χ3v) is 3.54. The number of esters is 1. The topological polar surface area (TPSA) is 72.7 Å². The molecule has 0 bridgehead atoms. The van der Waals surface area contributed by atoms with Crippen molar-refractivity contribution in [3.8, 4) is 0 Å². The van der Waals surface area contributed by atoms with E-state index in [0.717, 1.165) is 12.1 Å². The van der Waals surface area contributed by atoms with Crippen molar-refractivity contribution in [2.45, 2.75) is 6.61 Å². The van der Waals surface area contributed by atoms with Crippen molar-refractivity contribution in [1.29, 1.82) is 0 Å². The van der Waals surface area contributed by atoms with E-state index in [2.05, 4.69) is 4.74 Å². The van der Waals surface area contributed by atoms with Gasteiger partial charge in [-0.05, 0) is 12.1 Å². The number of halogens is 5. The molecule has 0 spiro atoms. The Balaban J connectivity index is 2.30. The van der Waals surface area contributed by atoms with E-state index in [1.165, 1.54) is 25.1 Å². The van der Waals surface area contributed by atoms with E-state index in [1.54, 1.807) is 0 Å². The molecule has 0 atom stereocenters. The lowest BCUT2D eigenvalue weighted by Crippen LogP contribution is -2.14. The van der Waals surface area contributed by atoms with Crippen LogP contribution in [0, 0.1) is 39.2 Å². The molecule has 2 aromatic carbocycles. The molecule has 144 valence electrons. The Hall–Kier alpha value is -3.24. The summed E-state index contributed by atoms with van der Waals surface area (Å²) < 4.78 is 70.9. The van der Waals surface area contributed by atoms with E-state index in [-0.39, 0.29) is 11.3 Å². The maximum atomic E-state index is 13.6. The molecule has 0 aliphatic carbocycles. The van der Waals surface area contributed by atoms with E-state index >= 15 is 0 Å². The molecule has 2 aromatic rings. The number of nitro groups is 1. The summed E-state index contributed by atoms with van der Waals surface area (Å²) in [5, 5.41) is 11.1. The Labute approximate surface area is 148 Å². The quantitative estimate of drug-likeness (QED) is 0.194. The summed E-state index contributed by atoms with van der Waals surface area (Å²) in [6.45, 7) is -1.26. The fourth-order valence-corrected chi connectivity index (χ4v) is 2.17. The van der Waals surface area contributed by atoms with Crippen LogP contribution in [0.2, 0.25) is 0 Å². The lowest BCUT2D eigenvalue weighted by Gasteiger charge is -2.13. The van der Waals surface area contributed by atoms with Crippen LogP contribution in [0.4, 0.5) is 33.3 Å². The molecule has 0 aromatic heterocycles. The molecule has 0 aliphatic rings. The molecule has 0 heterocycles. The SMILES string of the molecule is CN(C)c1ccc(C(=O)OCc2c(F)c(F)c(F)c(F)c2F)cc1[N+](=O)[O-]. The third kappa shape index (κ3) is 3.81. The summed E-state index contributed by atoms with van der Waals surface area (Å²) >= 11 is 0. The second kappa shape index (κ2) is 7.56. The summed E-state index contributed by atoms with van der Waals surface area (Å²) in [4.78, 5) is 23.7. The first kappa shape index (κ1) is 20.1. The molecule has 0 fully saturated rings. The standard InChI is InChI=1S/C16H11F5N2O4/c1-22(2)9-4-3-7(5-10(9)23(25)26)16(24)27-6-8-11(17)13(19)15(21)14(20)12(8)18/h3-5H,6H2,1-2H3. The van der Waals surface area contributed by atoms with Gasteiger partial charge in [0.25, 0.3) is 5.69 Å². The average molecular weight is 390 g/mol. The van der Waals surface area contributed by atoms with Gasteiger partial charge in [-0.25, -0.2) is 26.7 Å². The molecular weight excluding hydrogens is 379 g/mol. The lowest BCUT2D eigenvalue weighted by molar-refractivity contribution is -0.384. The monoisotopic (exact) mass is 390 g/mol. The number of nitrogens with zero attached hydrogens (tertiary/aromatic N) is 2. The van der Waals surface area contributed by atoms with Crippen molar-refractivity contribution in [2.75, 3.05) is 19.0 Å². The number of carbonyl (C=O) groups is 1. The van der Waals surface area contributed by atoms with Crippen molar-refractivity contribution in [3.63, 3.8) is 0 Å². The minimum Gasteiger partial charge on any atom is -0.457 e. The third-order valence-electron chi connectivity index (χ3n) is 3.54. The van der Waals surface area contributed by atoms with Gasteiger partial charge in [-0.2, -0.15) is 0 Å². The second-order valence-corrected chi connectivity index (χ2v) is 5.48. The lowest BCUT2D eigenvalue weighted by atomic mass is 10.1. The number of carbonyl (C=O) groups excluding carboxylic acids is 1. The van der Waals surface area contributed by atoms with Crippen molar-refractivity contribution >= 4 is 17.3 Å². The number of hydrogen-bond acceptors (Lipinski definition) is 5. The summed E-state index contributed by atoms with van der Waals surface area (Å²) in [6.07, 6.45) is 0. The van der Waals surface area contributed by atoms with E-state index in [1.807, 2.05) is 0 Å². The van der Waals surface area contributed by atoms with E-state index < -0.39 is 57.8 Å². The highest BCUT2D eigenvalue weighted by atomic mass is 19.2. The first-order valence-corrected chi connectivity index (χ1v) is 7.19. The normalized spacial score (nSPS) is 10.6. The van der Waals surface area contributed by atoms with Crippen LogP contribution in [-0.2, 0) is 11.3 Å². The number of rotatable bonds is 5. The van der Waals surface area contributed by atoms with Gasteiger partial charge in [0.15, 0.2) is 23.3 Å². The molecular formula is C16H11F5N2O4. The second-order valence-electron chi connectivity index (χ2n) is 5.48. The Morgan fingerprint density at radius 2 is 1.56 bits per heavy atom. The maximum absolute atomic E-state index is 13.6. The smallest absolute Gasteiger partial charge is 0.338 e. The van der Waals surface area contributed by atoms with Gasteiger partial charge in [0, 0.05) is 20.2 Å². The van der Waals surface area contributed by atoms with Gasteiger partial charge in [-0.3, -0.25) is 10.1 Å². The van der Waals surface area contributed by atoms with E-state index in [0.29, 0.717) is 0 Å². The van der Waals surface area contributed by atoms with Gasteiger partial charge >= 0.3 is 5.97 Å². The van der Waals surface area contributed by atoms with Gasteiger partial charge in [-0.15, -0.1) is 0 Å². The molecule has 11 heteroatoms. The highest BCUT2D eigenvalue weighted by molar-refractivity contribution is 5.91. The first-order valence-electron chi connectivity index (χ1n) is 7.19. The zero-order valence-electron chi connectivity index (χ0n) is 13.9. The first-order chi connectivity index (χ1) is 12.6. The highest BCUT2D eigenvalue weighted by Crippen LogP contribution is 2.28. The Morgan fingerprint density at radius 3 is 2.04 bits per heavy atom. The molecule has 27 heavy (non-hydrogen) atoms. The molecule has 0 amide bonds. The Bertz CT molecular complexity index is 905. The van der Waals surface area contributed by atoms with Crippen LogP contribution < -0.4 is 4.90 Å². The molecule has 0 saturated heterocycles. The highest BCUT2D eigenvalue weighted by Gasteiger charge is 2.27. The minimum atomic E-state index is -2.34. The van der Waals surface area contributed by atoms with E-state index in [9.17, 15) is 36.9 Å². The number of anilines is 1. The van der Waals surface area contributed by atoms with Crippen LogP contribution in [0.25, 0.3) is 0 Å². The number of benzene rings is 2. The molecule has 6 nitrogen and oxygen atoms in total. The molecule has 0 unspecified atom stereocenters. The Morgan fingerprint density at radius 1 is 1.04 bits per heavy atom. The van der Waals surface area contributed by atoms with Crippen molar-refractivity contribution < 1.29 is 36.4 Å². The summed E-state index contributed by atoms with van der Waals surface area (Å²) in [5.74, 6) is -12.2. The molecule has 2 rings (SSSR count). The van der Waals surface area contributed by atoms with Gasteiger partial charge in [0.05, 0.1) is 16.1 Å². The predicted octanol–water partition coefficient (Wildman–Crippen LogP) is 3.71. The van der Waals surface area contributed by atoms with Crippen molar-refractivity contribution in [3.05, 3.63) is 68.5 Å². The minimum absolute atomic E-state index is 0.177. The molecule has 0 N–H and O–H groups in total. The average Bonchev–Trinajstić information content (AvgIpc) is 2.63. The summed E-state index contributed by atoms with van der Waals surface area (Å²) in [5.41, 5.74) is -1.93. The van der Waals surface area contributed by atoms with Crippen LogP contribution in [0.5, 0.6) is 0 Å². The predicted molar refractivity (Wildman–Crippen MR) is 82.8 cm³/mol. The number of nitro benzene ring substituents is 1. The zero-order chi connectivity index (χ0) is 20.5. The Kier molecular flexibility index (Phi) is 5.62. The van der Waals surface area contributed by atoms with Crippen LogP contribution in [0.15, 0.2) is 18.2 Å². The van der Waals surface area contributed by atoms with E-state index in [4.69, 9.17) is 0 Å².